The number of carbonyl (C=O) groups excluding carboxylic acids is 2. The molecule has 0 aromatic heterocycles. The monoisotopic (exact) mass is 280 g/mol. The van der Waals surface area contributed by atoms with Crippen molar-refractivity contribution < 1.29 is 9.59 Å². The maximum absolute atomic E-state index is 12.4. The summed E-state index contributed by atoms with van der Waals surface area (Å²) in [7, 11) is 0. The minimum absolute atomic E-state index is 0.0742. The van der Waals surface area contributed by atoms with Gasteiger partial charge in [0.2, 0.25) is 5.91 Å². The smallest absolute Gasteiger partial charge is 0.254 e. The van der Waals surface area contributed by atoms with Gasteiger partial charge < -0.3 is 10.6 Å². The van der Waals surface area contributed by atoms with Crippen LogP contribution < -0.4 is 5.73 Å². The third-order valence-electron chi connectivity index (χ3n) is 3.88. The molecule has 0 saturated carbocycles. The molecule has 0 fully saturated rings. The molecule has 106 valence electrons. The van der Waals surface area contributed by atoms with Crippen LogP contribution in [0.4, 0.5) is 0 Å². The van der Waals surface area contributed by atoms with Crippen LogP contribution in [0.2, 0.25) is 0 Å². The number of benzene rings is 2. The Kier molecular flexibility index (Phi) is 3.01. The van der Waals surface area contributed by atoms with Crippen LogP contribution in [0.5, 0.6) is 0 Å². The van der Waals surface area contributed by atoms with E-state index in [2.05, 4.69) is 12.6 Å². The van der Waals surface area contributed by atoms with Gasteiger partial charge in [-0.05, 0) is 29.3 Å². The molecule has 0 unspecified atom stereocenters. The highest BCUT2D eigenvalue weighted by molar-refractivity contribution is 6.05. The summed E-state index contributed by atoms with van der Waals surface area (Å²) in [6.45, 7) is 6.33. The van der Waals surface area contributed by atoms with Gasteiger partial charge in [-0.25, -0.2) is 0 Å². The molecule has 0 radical (unpaired) electrons. The van der Waals surface area contributed by atoms with Crippen molar-refractivity contribution in [1.29, 1.82) is 0 Å². The van der Waals surface area contributed by atoms with Crippen LogP contribution in [0.15, 0.2) is 42.5 Å². The average molecular weight is 280 g/mol. The van der Waals surface area contributed by atoms with Crippen molar-refractivity contribution in [2.24, 2.45) is 5.73 Å². The van der Waals surface area contributed by atoms with Crippen molar-refractivity contribution in [3.63, 3.8) is 0 Å². The third kappa shape index (κ3) is 2.18. The van der Waals surface area contributed by atoms with Crippen molar-refractivity contribution in [2.45, 2.75) is 13.5 Å². The van der Waals surface area contributed by atoms with E-state index in [1.165, 1.54) is 5.56 Å². The number of nitrogens with zero attached hydrogens (tertiary/aromatic N) is 1. The Morgan fingerprint density at radius 2 is 2.10 bits per heavy atom. The van der Waals surface area contributed by atoms with Crippen LogP contribution >= 0.6 is 0 Å². The van der Waals surface area contributed by atoms with Gasteiger partial charge in [0.25, 0.3) is 5.91 Å². The lowest BCUT2D eigenvalue weighted by Gasteiger charge is -2.15. The first kappa shape index (κ1) is 13.4. The molecular formula is C17H16N2O2. The normalized spacial score (nSPS) is 13.6. The molecule has 0 aliphatic carbocycles. The lowest BCUT2D eigenvalue weighted by atomic mass is 9.99. The third-order valence-corrected chi connectivity index (χ3v) is 3.88. The average Bonchev–Trinajstić information content (AvgIpc) is 2.75. The van der Waals surface area contributed by atoms with Crippen molar-refractivity contribution in [2.75, 3.05) is 6.54 Å². The molecule has 0 spiro atoms. The van der Waals surface area contributed by atoms with Crippen LogP contribution in [-0.4, -0.2) is 23.3 Å². The van der Waals surface area contributed by atoms with E-state index >= 15 is 0 Å². The van der Waals surface area contributed by atoms with Crippen LogP contribution in [0.3, 0.4) is 0 Å². The highest BCUT2D eigenvalue weighted by Gasteiger charge is 2.29. The highest BCUT2D eigenvalue weighted by atomic mass is 16.2. The lowest BCUT2D eigenvalue weighted by Crippen LogP contribution is -2.30. The summed E-state index contributed by atoms with van der Waals surface area (Å²) in [5.74, 6) is -0.644. The zero-order chi connectivity index (χ0) is 15.1. The summed E-state index contributed by atoms with van der Waals surface area (Å²) >= 11 is 0. The van der Waals surface area contributed by atoms with Crippen LogP contribution in [0, 0.1) is 6.92 Å². The Hall–Kier alpha value is -2.62. The summed E-state index contributed by atoms with van der Waals surface area (Å²) < 4.78 is 0. The van der Waals surface area contributed by atoms with Gasteiger partial charge in [-0.15, -0.1) is 0 Å². The Morgan fingerprint density at radius 3 is 2.81 bits per heavy atom. The Balaban J connectivity index is 2.01. The number of carbonyl (C=O) groups is 2. The topological polar surface area (TPSA) is 63.4 Å². The fourth-order valence-corrected chi connectivity index (χ4v) is 2.75. The van der Waals surface area contributed by atoms with Crippen molar-refractivity contribution in [1.82, 2.24) is 4.90 Å². The van der Waals surface area contributed by atoms with E-state index in [4.69, 9.17) is 5.73 Å². The second kappa shape index (κ2) is 4.74. The van der Waals surface area contributed by atoms with E-state index in [0.717, 1.165) is 16.3 Å². The molecule has 1 heterocycles. The fraction of sp³-hybridized carbons (Fsp3) is 0.176. The molecule has 1 aliphatic heterocycles. The van der Waals surface area contributed by atoms with Gasteiger partial charge in [-0.3, -0.25) is 9.59 Å². The number of amides is 2. The molecule has 2 aromatic rings. The zero-order valence-electron chi connectivity index (χ0n) is 11.8. The standard InChI is InChI=1S/C17H16N2O2/c1-10-3-5-13-12(7-10)4-6-14-15(13)9-19(17(14)21)8-11(2)16(18)20/h3-7H,2,8-9H2,1H3,(H2,18,20). The molecule has 3 rings (SSSR count). The lowest BCUT2D eigenvalue weighted by molar-refractivity contribution is -0.114. The first-order valence-corrected chi connectivity index (χ1v) is 6.76. The number of nitrogens with two attached hydrogens (primary N) is 1. The fourth-order valence-electron chi connectivity index (χ4n) is 2.75. The minimum atomic E-state index is -0.570. The highest BCUT2D eigenvalue weighted by Crippen LogP contribution is 2.31. The summed E-state index contributed by atoms with van der Waals surface area (Å²) in [6, 6.07) is 10.0. The maximum Gasteiger partial charge on any atom is 0.254 e. The zero-order valence-corrected chi connectivity index (χ0v) is 11.8. The number of primary amides is 1. The maximum atomic E-state index is 12.4. The van der Waals surface area contributed by atoms with Crippen LogP contribution in [0.1, 0.15) is 21.5 Å². The molecule has 4 nitrogen and oxygen atoms in total. The first-order chi connectivity index (χ1) is 9.97. The van der Waals surface area contributed by atoms with Gasteiger partial charge in [-0.1, -0.05) is 36.4 Å². The van der Waals surface area contributed by atoms with Gasteiger partial charge in [0.1, 0.15) is 0 Å². The SMILES string of the molecule is C=C(CN1Cc2c(ccc3cc(C)ccc23)C1=O)C(N)=O. The van der Waals surface area contributed by atoms with Crippen LogP contribution in [0.25, 0.3) is 10.8 Å². The first-order valence-electron chi connectivity index (χ1n) is 6.76. The molecule has 21 heavy (non-hydrogen) atoms. The summed E-state index contributed by atoms with van der Waals surface area (Å²) in [5.41, 5.74) is 8.33. The molecular weight excluding hydrogens is 264 g/mol. The summed E-state index contributed by atoms with van der Waals surface area (Å²) in [6.07, 6.45) is 0. The van der Waals surface area contributed by atoms with Crippen LogP contribution in [-0.2, 0) is 11.3 Å². The molecule has 2 amide bonds. The second-order valence-electron chi connectivity index (χ2n) is 5.45. The summed E-state index contributed by atoms with van der Waals surface area (Å²) in [5, 5.41) is 2.20. The van der Waals surface area contributed by atoms with E-state index in [1.807, 2.05) is 31.2 Å². The molecule has 0 atom stereocenters. The number of hydrogen-bond acceptors (Lipinski definition) is 2. The minimum Gasteiger partial charge on any atom is -0.366 e. The van der Waals surface area contributed by atoms with Gasteiger partial charge in [0, 0.05) is 17.7 Å². The van der Waals surface area contributed by atoms with E-state index in [-0.39, 0.29) is 18.0 Å². The van der Waals surface area contributed by atoms with Crippen molar-refractivity contribution >= 4 is 22.6 Å². The van der Waals surface area contributed by atoms with E-state index in [1.54, 1.807) is 4.90 Å². The number of fused-ring (bicyclic) bond motifs is 3. The van der Waals surface area contributed by atoms with E-state index in [0.29, 0.717) is 12.1 Å². The Labute approximate surface area is 122 Å². The predicted molar refractivity (Wildman–Crippen MR) is 81.8 cm³/mol. The quantitative estimate of drug-likeness (QED) is 0.876. The van der Waals surface area contributed by atoms with Crippen molar-refractivity contribution in [3.8, 4) is 0 Å². The van der Waals surface area contributed by atoms with Gasteiger partial charge in [0.15, 0.2) is 0 Å². The molecule has 0 saturated heterocycles. The number of hydrogen-bond donors (Lipinski definition) is 1. The Morgan fingerprint density at radius 1 is 1.33 bits per heavy atom. The van der Waals surface area contributed by atoms with Gasteiger partial charge in [-0.2, -0.15) is 0 Å². The molecule has 0 bridgehead atoms. The molecule has 2 N–H and O–H groups in total. The predicted octanol–water partition coefficient (Wildman–Crippen LogP) is 2.15. The van der Waals surface area contributed by atoms with Crippen molar-refractivity contribution in [3.05, 3.63) is 59.2 Å². The molecule has 1 aliphatic rings. The largest absolute Gasteiger partial charge is 0.366 e. The molecule has 4 heteroatoms. The Bertz CT molecular complexity index is 793. The number of aryl methyl sites for hydroxylation is 1. The number of rotatable bonds is 3. The van der Waals surface area contributed by atoms with E-state index < -0.39 is 5.91 Å². The second-order valence-corrected chi connectivity index (χ2v) is 5.45. The summed E-state index contributed by atoms with van der Waals surface area (Å²) in [4.78, 5) is 25.1. The van der Waals surface area contributed by atoms with Gasteiger partial charge >= 0.3 is 0 Å². The van der Waals surface area contributed by atoms with E-state index in [9.17, 15) is 9.59 Å². The van der Waals surface area contributed by atoms with Gasteiger partial charge in [0.05, 0.1) is 6.54 Å². The molecule has 2 aromatic carbocycles.